The van der Waals surface area contributed by atoms with Crippen molar-refractivity contribution in [2.24, 2.45) is 0 Å². The topological polar surface area (TPSA) is 38.3 Å². The fourth-order valence-electron chi connectivity index (χ4n) is 3.36. The second kappa shape index (κ2) is 9.57. The fraction of sp³-hybridized carbons (Fsp3) is 0.0741. The highest BCUT2D eigenvalue weighted by Crippen LogP contribution is 2.25. The smallest absolute Gasteiger partial charge is 0.252 e. The normalized spacial score (nSPS) is 11.3. The number of fused-ring (bicyclic) bond motifs is 1. The SMILES string of the molecule is O=C(NCCOc1cccc2ccccc12)/C(=C/c1ccccc1)c1ccccc1. The number of rotatable bonds is 7. The Balaban J connectivity index is 1.43. The molecule has 3 nitrogen and oxygen atoms in total. The van der Waals surface area contributed by atoms with Crippen molar-refractivity contribution >= 4 is 28.3 Å². The summed E-state index contributed by atoms with van der Waals surface area (Å²) in [5.74, 6) is 0.706. The van der Waals surface area contributed by atoms with Gasteiger partial charge in [-0.2, -0.15) is 0 Å². The summed E-state index contributed by atoms with van der Waals surface area (Å²) in [7, 11) is 0. The Kier molecular flexibility index (Phi) is 6.21. The minimum Gasteiger partial charge on any atom is -0.491 e. The maximum atomic E-state index is 12.9. The highest BCUT2D eigenvalue weighted by atomic mass is 16.5. The number of ether oxygens (including phenoxy) is 1. The first-order chi connectivity index (χ1) is 14.8. The van der Waals surface area contributed by atoms with Gasteiger partial charge in [0.1, 0.15) is 12.4 Å². The molecular weight excluding hydrogens is 370 g/mol. The van der Waals surface area contributed by atoms with Gasteiger partial charge >= 0.3 is 0 Å². The molecule has 148 valence electrons. The molecule has 0 aliphatic rings. The summed E-state index contributed by atoms with van der Waals surface area (Å²) in [5.41, 5.74) is 2.50. The lowest BCUT2D eigenvalue weighted by Gasteiger charge is -2.12. The van der Waals surface area contributed by atoms with Crippen molar-refractivity contribution in [1.29, 1.82) is 0 Å². The van der Waals surface area contributed by atoms with E-state index in [-0.39, 0.29) is 5.91 Å². The molecule has 0 spiro atoms. The first kappa shape index (κ1) is 19.5. The van der Waals surface area contributed by atoms with E-state index in [4.69, 9.17) is 4.74 Å². The van der Waals surface area contributed by atoms with Gasteiger partial charge in [0.15, 0.2) is 0 Å². The van der Waals surface area contributed by atoms with Gasteiger partial charge in [-0.15, -0.1) is 0 Å². The van der Waals surface area contributed by atoms with E-state index in [9.17, 15) is 4.79 Å². The first-order valence-electron chi connectivity index (χ1n) is 10.0. The van der Waals surface area contributed by atoms with Crippen LogP contribution in [-0.4, -0.2) is 19.1 Å². The summed E-state index contributed by atoms with van der Waals surface area (Å²) in [6.45, 7) is 0.814. The average molecular weight is 393 g/mol. The Hall–Kier alpha value is -3.85. The third-order valence-corrected chi connectivity index (χ3v) is 4.83. The van der Waals surface area contributed by atoms with Crippen LogP contribution in [0.5, 0.6) is 5.75 Å². The molecule has 0 atom stereocenters. The lowest BCUT2D eigenvalue weighted by molar-refractivity contribution is -0.115. The van der Waals surface area contributed by atoms with Gasteiger partial charge in [0.25, 0.3) is 5.91 Å². The molecule has 0 fully saturated rings. The maximum absolute atomic E-state index is 12.9. The van der Waals surface area contributed by atoms with E-state index in [2.05, 4.69) is 17.4 Å². The van der Waals surface area contributed by atoms with Crippen molar-refractivity contribution in [1.82, 2.24) is 5.32 Å². The summed E-state index contributed by atoms with van der Waals surface area (Å²) >= 11 is 0. The Morgan fingerprint density at radius 3 is 2.23 bits per heavy atom. The van der Waals surface area contributed by atoms with Crippen LogP contribution < -0.4 is 10.1 Å². The number of amides is 1. The summed E-state index contributed by atoms with van der Waals surface area (Å²) < 4.78 is 5.94. The number of carbonyl (C=O) groups excluding carboxylic acids is 1. The quantitative estimate of drug-likeness (QED) is 0.253. The zero-order valence-corrected chi connectivity index (χ0v) is 16.6. The Morgan fingerprint density at radius 2 is 1.43 bits per heavy atom. The molecule has 3 heteroatoms. The molecule has 0 radical (unpaired) electrons. The summed E-state index contributed by atoms with van der Waals surface area (Å²) in [5, 5.41) is 5.19. The molecule has 4 aromatic carbocycles. The second-order valence-electron chi connectivity index (χ2n) is 6.92. The number of benzene rings is 4. The Labute approximate surface area is 176 Å². The van der Waals surface area contributed by atoms with Crippen LogP contribution in [0.3, 0.4) is 0 Å². The Morgan fingerprint density at radius 1 is 0.767 bits per heavy atom. The standard InChI is InChI=1S/C27H23NO2/c29-27(25(23-12-5-2-6-13-23)20-21-10-3-1-4-11-21)28-18-19-30-26-17-9-15-22-14-7-8-16-24(22)26/h1-17,20H,18-19H2,(H,28,29)/b25-20+. The third-order valence-electron chi connectivity index (χ3n) is 4.83. The van der Waals surface area contributed by atoms with Crippen LogP contribution in [-0.2, 0) is 4.79 Å². The lowest BCUT2D eigenvalue weighted by Crippen LogP contribution is -2.28. The summed E-state index contributed by atoms with van der Waals surface area (Å²) in [6.07, 6.45) is 1.91. The van der Waals surface area contributed by atoms with Gasteiger partial charge in [-0.3, -0.25) is 4.79 Å². The fourth-order valence-corrected chi connectivity index (χ4v) is 3.36. The van der Waals surface area contributed by atoms with Crippen LogP contribution in [0.1, 0.15) is 11.1 Å². The van der Waals surface area contributed by atoms with E-state index in [0.717, 1.165) is 27.6 Å². The molecule has 0 saturated carbocycles. The van der Waals surface area contributed by atoms with Gasteiger partial charge in [0.2, 0.25) is 0 Å². The molecule has 1 amide bonds. The van der Waals surface area contributed by atoms with Gasteiger partial charge in [0.05, 0.1) is 6.54 Å². The molecule has 4 rings (SSSR count). The number of carbonyl (C=O) groups is 1. The van der Waals surface area contributed by atoms with E-state index in [0.29, 0.717) is 18.7 Å². The molecule has 0 aromatic heterocycles. The number of hydrogen-bond acceptors (Lipinski definition) is 2. The molecule has 4 aromatic rings. The predicted molar refractivity (Wildman–Crippen MR) is 123 cm³/mol. The molecule has 0 heterocycles. The molecule has 30 heavy (non-hydrogen) atoms. The minimum absolute atomic E-state index is 0.119. The van der Waals surface area contributed by atoms with Crippen molar-refractivity contribution in [3.8, 4) is 5.75 Å². The van der Waals surface area contributed by atoms with Gasteiger partial charge in [-0.05, 0) is 28.7 Å². The lowest BCUT2D eigenvalue weighted by atomic mass is 10.0. The second-order valence-corrected chi connectivity index (χ2v) is 6.92. The molecule has 0 saturated heterocycles. The van der Waals surface area contributed by atoms with Crippen molar-refractivity contribution < 1.29 is 9.53 Å². The van der Waals surface area contributed by atoms with Crippen molar-refractivity contribution in [3.63, 3.8) is 0 Å². The first-order valence-corrected chi connectivity index (χ1v) is 10.0. The largest absolute Gasteiger partial charge is 0.491 e. The zero-order valence-electron chi connectivity index (χ0n) is 16.6. The van der Waals surface area contributed by atoms with Crippen LogP contribution in [0.15, 0.2) is 103 Å². The van der Waals surface area contributed by atoms with Gasteiger partial charge < -0.3 is 10.1 Å². The van der Waals surface area contributed by atoms with Crippen LogP contribution in [0.25, 0.3) is 22.4 Å². The van der Waals surface area contributed by atoms with Crippen LogP contribution in [0, 0.1) is 0 Å². The summed E-state index contributed by atoms with van der Waals surface area (Å²) in [4.78, 5) is 12.9. The average Bonchev–Trinajstić information content (AvgIpc) is 2.81. The van der Waals surface area contributed by atoms with E-state index in [1.54, 1.807) is 0 Å². The molecule has 1 N–H and O–H groups in total. The van der Waals surface area contributed by atoms with Gasteiger partial charge in [0, 0.05) is 11.0 Å². The van der Waals surface area contributed by atoms with Crippen molar-refractivity contribution in [2.45, 2.75) is 0 Å². The van der Waals surface area contributed by atoms with Crippen LogP contribution >= 0.6 is 0 Å². The van der Waals surface area contributed by atoms with Crippen LogP contribution in [0.4, 0.5) is 0 Å². The molecule has 0 aliphatic heterocycles. The predicted octanol–water partition coefficient (Wildman–Crippen LogP) is 5.58. The van der Waals surface area contributed by atoms with E-state index < -0.39 is 0 Å². The van der Waals surface area contributed by atoms with Gasteiger partial charge in [-0.25, -0.2) is 0 Å². The monoisotopic (exact) mass is 393 g/mol. The Bertz CT molecular complexity index is 1150. The van der Waals surface area contributed by atoms with Crippen molar-refractivity contribution in [3.05, 3.63) is 114 Å². The highest BCUT2D eigenvalue weighted by molar-refractivity contribution is 6.24. The zero-order chi connectivity index (χ0) is 20.6. The van der Waals surface area contributed by atoms with E-state index in [1.165, 1.54) is 0 Å². The minimum atomic E-state index is -0.119. The highest BCUT2D eigenvalue weighted by Gasteiger charge is 2.12. The number of nitrogens with one attached hydrogen (secondary N) is 1. The molecular formula is C27H23NO2. The van der Waals surface area contributed by atoms with Crippen molar-refractivity contribution in [2.75, 3.05) is 13.2 Å². The van der Waals surface area contributed by atoms with E-state index in [1.807, 2.05) is 97.1 Å². The van der Waals surface area contributed by atoms with E-state index >= 15 is 0 Å². The number of hydrogen-bond donors (Lipinski definition) is 1. The van der Waals surface area contributed by atoms with Crippen LogP contribution in [0.2, 0.25) is 0 Å². The summed E-state index contributed by atoms with van der Waals surface area (Å²) in [6, 6.07) is 33.7. The molecule has 0 aliphatic carbocycles. The maximum Gasteiger partial charge on any atom is 0.252 e. The third kappa shape index (κ3) is 4.76. The van der Waals surface area contributed by atoms with Gasteiger partial charge in [-0.1, -0.05) is 97.1 Å². The molecule has 0 bridgehead atoms. The molecule has 0 unspecified atom stereocenters.